The third kappa shape index (κ3) is 97.9. The summed E-state index contributed by atoms with van der Waals surface area (Å²) in [6, 6.07) is 0. The molecule has 10 heavy (non-hydrogen) atoms. The van der Waals surface area contributed by atoms with Crippen LogP contribution in [0.4, 0.5) is 0 Å². The molecule has 0 aromatic carbocycles. The monoisotopic (exact) mass is 894 g/mol. The molecule has 0 fully saturated rings. The quantitative estimate of drug-likeness (QED) is 0.374. The smallest absolute Gasteiger partial charge is 0 e. The van der Waals surface area contributed by atoms with E-state index < -0.39 is 0 Å². The zero-order valence-electron chi connectivity index (χ0n) is 5.61. The van der Waals surface area contributed by atoms with E-state index in [4.69, 9.17) is 0 Å². The predicted octanol–water partition coefficient (Wildman–Crippen LogP) is 2.65. The fourth-order valence-corrected chi connectivity index (χ4v) is 0. The molecule has 0 aromatic heterocycles. The van der Waals surface area contributed by atoms with Gasteiger partial charge in [0.15, 0.2) is 0 Å². The Morgan fingerprint density at radius 1 is 0.700 bits per heavy atom. The van der Waals surface area contributed by atoms with Crippen LogP contribution in [0, 0.1) is 93.3 Å². The van der Waals surface area contributed by atoms with E-state index in [0.717, 1.165) is 0 Å². The molecule has 0 saturated heterocycles. The molecular formula is C5H17NU3Y. The molecule has 57 valence electrons. The second kappa shape index (κ2) is 127. The first kappa shape index (κ1) is 68.0. The van der Waals surface area contributed by atoms with Crippen LogP contribution < -0.4 is 6.15 Å². The van der Waals surface area contributed by atoms with Gasteiger partial charge in [0, 0.05) is 127 Å². The van der Waals surface area contributed by atoms with Crippen LogP contribution >= 0.6 is 0 Å². The zero-order chi connectivity index (χ0) is 4.00. The molecule has 0 unspecified atom stereocenters. The molecule has 0 spiro atoms. The molecule has 0 aliphatic rings. The van der Waals surface area contributed by atoms with Gasteiger partial charge in [-0.05, 0) is 0 Å². The van der Waals surface area contributed by atoms with E-state index in [1.54, 1.807) is 0 Å². The Morgan fingerprint density at radius 3 is 0.700 bits per heavy atom. The van der Waals surface area contributed by atoms with Crippen LogP contribution in [0.2, 0.25) is 0 Å². The van der Waals surface area contributed by atoms with Crippen LogP contribution in [-0.4, -0.2) is 0 Å². The van der Waals surface area contributed by atoms with E-state index in [-0.39, 0.29) is 141 Å². The number of hydrogen-bond acceptors (Lipinski definition) is 1. The van der Waals surface area contributed by atoms with Crippen LogP contribution in [0.3, 0.4) is 0 Å². The zero-order valence-corrected chi connectivity index (χ0v) is 20.9. The summed E-state index contributed by atoms with van der Waals surface area (Å²) in [6.45, 7) is 12.0. The minimum atomic E-state index is 0. The molecule has 0 heterocycles. The molecule has 0 aliphatic heterocycles. The first-order valence-electron chi connectivity index (χ1n) is 1.000. The third-order valence-electron chi connectivity index (χ3n) is 0. The van der Waals surface area contributed by atoms with Gasteiger partial charge >= 0.3 is 0 Å². The average Bonchev–Trinajstić information content (AvgIpc) is 1.50. The maximum absolute atomic E-state index is 3.00. The summed E-state index contributed by atoms with van der Waals surface area (Å²) in [7, 11) is 0. The predicted molar refractivity (Wildman–Crippen MR) is 36.4 cm³/mol. The van der Waals surface area contributed by atoms with Gasteiger partial charge in [0.2, 0.25) is 0 Å². The van der Waals surface area contributed by atoms with E-state index in [9.17, 15) is 0 Å². The van der Waals surface area contributed by atoms with Crippen molar-refractivity contribution in [1.82, 2.24) is 6.15 Å². The van der Waals surface area contributed by atoms with Gasteiger partial charge < -0.3 is 6.15 Å². The van der Waals surface area contributed by atoms with Crippen molar-refractivity contribution in [3.63, 3.8) is 0 Å². The SMILES string of the molecule is C.C=C.C=C.N.[HH].[U].[U].[U].[Y]. The van der Waals surface area contributed by atoms with Crippen molar-refractivity contribution in [2.24, 2.45) is 0 Å². The van der Waals surface area contributed by atoms with Gasteiger partial charge in [0.1, 0.15) is 0 Å². The van der Waals surface area contributed by atoms with E-state index in [1.807, 2.05) is 0 Å². The summed E-state index contributed by atoms with van der Waals surface area (Å²) in [4.78, 5) is 0. The topological polar surface area (TPSA) is 35.0 Å². The summed E-state index contributed by atoms with van der Waals surface area (Å²) < 4.78 is 0. The molecule has 0 amide bonds. The molecule has 0 aliphatic carbocycles. The third-order valence-corrected chi connectivity index (χ3v) is 0. The Bertz CT molecular complexity index is 23.7. The molecule has 0 rings (SSSR count). The van der Waals surface area contributed by atoms with Crippen LogP contribution in [0.1, 0.15) is 8.85 Å². The Hall–Kier alpha value is 3.70. The van der Waals surface area contributed by atoms with Crippen molar-refractivity contribution < 1.29 is 127 Å². The van der Waals surface area contributed by atoms with Gasteiger partial charge in [-0.1, -0.05) is 7.43 Å². The van der Waals surface area contributed by atoms with Gasteiger partial charge in [-0.2, -0.15) is 0 Å². The van der Waals surface area contributed by atoms with Crippen LogP contribution in [0.15, 0.2) is 26.3 Å². The van der Waals surface area contributed by atoms with Crippen LogP contribution in [-0.2, 0) is 32.7 Å². The first-order valence-corrected chi connectivity index (χ1v) is 1.000. The van der Waals surface area contributed by atoms with Crippen molar-refractivity contribution in [1.29, 1.82) is 0 Å². The Kier molecular flexibility index (Phi) is 864. The maximum Gasteiger partial charge on any atom is 0 e. The molecule has 0 bridgehead atoms. The van der Waals surface area contributed by atoms with Gasteiger partial charge in [0.05, 0.1) is 0 Å². The first-order chi connectivity index (χ1) is 2.00. The minimum absolute atomic E-state index is 0. The van der Waals surface area contributed by atoms with Crippen molar-refractivity contribution in [2.75, 3.05) is 0 Å². The normalized spacial score (nSPS) is 0.800. The van der Waals surface area contributed by atoms with Gasteiger partial charge in [-0.15, -0.1) is 26.3 Å². The molecule has 5 heteroatoms. The van der Waals surface area contributed by atoms with E-state index in [2.05, 4.69) is 26.3 Å². The second-order valence-corrected chi connectivity index (χ2v) is 0. The number of hydrogen-bond donors (Lipinski definition) is 1. The van der Waals surface area contributed by atoms with Crippen molar-refractivity contribution in [3.05, 3.63) is 26.3 Å². The van der Waals surface area contributed by atoms with Gasteiger partial charge in [0.25, 0.3) is 0 Å². The molecule has 0 saturated carbocycles. The van der Waals surface area contributed by atoms with Gasteiger partial charge in [-0.3, -0.25) is 0 Å². The fraction of sp³-hybridized carbons (Fsp3) is 0.200. The van der Waals surface area contributed by atoms with Crippen LogP contribution in [0.5, 0.6) is 0 Å². The molecule has 0 atom stereocenters. The van der Waals surface area contributed by atoms with Crippen molar-refractivity contribution in [2.45, 2.75) is 7.43 Å². The standard InChI is InChI=1S/2C2H4.CH4.H3N.3U.Y.H2/c2*1-2;;;;;;;/h2*1-2H2;1H4;1H3;;;;;1H. The Balaban J connectivity index is -0.000000000635. The Labute approximate surface area is 163 Å². The summed E-state index contributed by atoms with van der Waals surface area (Å²) >= 11 is 0. The summed E-state index contributed by atoms with van der Waals surface area (Å²) in [5.74, 6) is 0. The molecule has 3 N–H and O–H groups in total. The molecule has 0 aromatic rings. The summed E-state index contributed by atoms with van der Waals surface area (Å²) in [6.07, 6.45) is 0. The van der Waals surface area contributed by atoms with Crippen molar-refractivity contribution >= 4 is 0 Å². The second-order valence-electron chi connectivity index (χ2n) is 0. The van der Waals surface area contributed by atoms with E-state index in [1.165, 1.54) is 0 Å². The van der Waals surface area contributed by atoms with Crippen molar-refractivity contribution in [3.8, 4) is 0 Å². The van der Waals surface area contributed by atoms with E-state index >= 15 is 0 Å². The van der Waals surface area contributed by atoms with Crippen LogP contribution in [0.25, 0.3) is 0 Å². The van der Waals surface area contributed by atoms with E-state index in [0.29, 0.717) is 0 Å². The number of rotatable bonds is 0. The average molecular weight is 894 g/mol. The molecule has 1 nitrogen and oxygen atoms in total. The Morgan fingerprint density at radius 2 is 0.700 bits per heavy atom. The summed E-state index contributed by atoms with van der Waals surface area (Å²) in [5.41, 5.74) is 0. The largest absolute Gasteiger partial charge is 0.344 e. The fourth-order valence-electron chi connectivity index (χ4n) is 0. The van der Waals surface area contributed by atoms with Gasteiger partial charge in [-0.25, -0.2) is 0 Å². The molecule has 1 radical (unpaired) electrons. The minimum Gasteiger partial charge on any atom is -0.344 e. The maximum atomic E-state index is 3.00. The molecular weight excluding hydrogens is 877 g/mol. The summed E-state index contributed by atoms with van der Waals surface area (Å²) in [5, 5.41) is 0.